The molecule has 2 rings (SSSR count). The molecule has 15 heavy (non-hydrogen) atoms. The molecule has 1 fully saturated rings. The minimum absolute atomic E-state index is 0.196. The number of aliphatic hydroxyl groups excluding tert-OH is 1. The highest BCUT2D eigenvalue weighted by atomic mass is 16.3. The molecule has 0 spiro atoms. The standard InChI is InChI=1S/C12H20N2O/c1-10-13-8-9-14(10)11-6-4-2-3-5-7-12(11)15/h8-9,11-12,15H,2-7H2,1H3. The summed E-state index contributed by atoms with van der Waals surface area (Å²) >= 11 is 0. The maximum atomic E-state index is 10.1. The van der Waals surface area contributed by atoms with Crippen LogP contribution in [0.5, 0.6) is 0 Å². The van der Waals surface area contributed by atoms with Crippen molar-refractivity contribution in [1.82, 2.24) is 9.55 Å². The minimum Gasteiger partial charge on any atom is -0.391 e. The lowest BCUT2D eigenvalue weighted by Crippen LogP contribution is -2.25. The van der Waals surface area contributed by atoms with Gasteiger partial charge in [-0.25, -0.2) is 4.98 Å². The summed E-state index contributed by atoms with van der Waals surface area (Å²) in [4.78, 5) is 4.23. The molecular formula is C12H20N2O. The molecule has 84 valence electrons. The Hall–Kier alpha value is -0.830. The van der Waals surface area contributed by atoms with Crippen molar-refractivity contribution in [2.24, 2.45) is 0 Å². The first-order valence-corrected chi connectivity index (χ1v) is 5.96. The predicted molar refractivity (Wildman–Crippen MR) is 59.7 cm³/mol. The van der Waals surface area contributed by atoms with Crippen LogP contribution < -0.4 is 0 Å². The van der Waals surface area contributed by atoms with Crippen LogP contribution in [0, 0.1) is 6.92 Å². The van der Waals surface area contributed by atoms with Gasteiger partial charge in [-0.3, -0.25) is 0 Å². The van der Waals surface area contributed by atoms with Crippen LogP contribution in [0.3, 0.4) is 0 Å². The molecule has 3 heteroatoms. The van der Waals surface area contributed by atoms with Gasteiger partial charge in [0.15, 0.2) is 0 Å². The topological polar surface area (TPSA) is 38.0 Å². The van der Waals surface area contributed by atoms with E-state index in [-0.39, 0.29) is 12.1 Å². The quantitative estimate of drug-likeness (QED) is 0.769. The van der Waals surface area contributed by atoms with E-state index in [1.54, 1.807) is 0 Å². The molecule has 1 aliphatic carbocycles. The SMILES string of the molecule is Cc1nccn1C1CCCCCCC1O. The Balaban J connectivity index is 2.13. The molecule has 3 nitrogen and oxygen atoms in total. The third kappa shape index (κ3) is 2.40. The molecule has 1 saturated carbocycles. The summed E-state index contributed by atoms with van der Waals surface area (Å²) in [6, 6.07) is 0.243. The summed E-state index contributed by atoms with van der Waals surface area (Å²) in [7, 11) is 0. The van der Waals surface area contributed by atoms with Crippen molar-refractivity contribution in [3.05, 3.63) is 18.2 Å². The van der Waals surface area contributed by atoms with Crippen LogP contribution in [0.1, 0.15) is 50.4 Å². The second kappa shape index (κ2) is 4.79. The number of imidazole rings is 1. The van der Waals surface area contributed by atoms with Crippen LogP contribution in [-0.2, 0) is 0 Å². The van der Waals surface area contributed by atoms with E-state index in [2.05, 4.69) is 9.55 Å². The smallest absolute Gasteiger partial charge is 0.105 e. The highest BCUT2D eigenvalue weighted by Crippen LogP contribution is 2.27. The Morgan fingerprint density at radius 3 is 2.67 bits per heavy atom. The van der Waals surface area contributed by atoms with Gasteiger partial charge >= 0.3 is 0 Å². The highest BCUT2D eigenvalue weighted by molar-refractivity contribution is 4.94. The van der Waals surface area contributed by atoms with Crippen LogP contribution in [-0.4, -0.2) is 20.8 Å². The van der Waals surface area contributed by atoms with E-state index < -0.39 is 0 Å². The average molecular weight is 208 g/mol. The van der Waals surface area contributed by atoms with Gasteiger partial charge in [0.05, 0.1) is 12.1 Å². The maximum Gasteiger partial charge on any atom is 0.105 e. The van der Waals surface area contributed by atoms with Crippen molar-refractivity contribution in [2.75, 3.05) is 0 Å². The summed E-state index contributed by atoms with van der Waals surface area (Å²) in [5.41, 5.74) is 0. The van der Waals surface area contributed by atoms with Gasteiger partial charge in [-0.1, -0.05) is 25.7 Å². The van der Waals surface area contributed by atoms with E-state index in [4.69, 9.17) is 0 Å². The number of rotatable bonds is 1. The summed E-state index contributed by atoms with van der Waals surface area (Å²) in [6.45, 7) is 2.01. The molecule has 1 N–H and O–H groups in total. The van der Waals surface area contributed by atoms with Crippen molar-refractivity contribution in [3.8, 4) is 0 Å². The van der Waals surface area contributed by atoms with Gasteiger partial charge in [0.1, 0.15) is 5.82 Å². The molecule has 2 atom stereocenters. The Morgan fingerprint density at radius 2 is 2.00 bits per heavy atom. The first-order valence-electron chi connectivity index (χ1n) is 5.96. The number of nitrogens with zero attached hydrogens (tertiary/aromatic N) is 2. The molecule has 1 aromatic rings. The Kier molecular flexibility index (Phi) is 3.41. The van der Waals surface area contributed by atoms with Gasteiger partial charge in [-0.2, -0.15) is 0 Å². The zero-order chi connectivity index (χ0) is 10.7. The van der Waals surface area contributed by atoms with E-state index >= 15 is 0 Å². The van der Waals surface area contributed by atoms with Gasteiger partial charge in [0.2, 0.25) is 0 Å². The molecule has 0 radical (unpaired) electrons. The lowest BCUT2D eigenvalue weighted by atomic mass is 9.94. The highest BCUT2D eigenvalue weighted by Gasteiger charge is 2.22. The second-order valence-corrected chi connectivity index (χ2v) is 4.51. The normalized spacial score (nSPS) is 28.4. The lowest BCUT2D eigenvalue weighted by Gasteiger charge is -2.27. The number of aryl methyl sites for hydroxylation is 1. The zero-order valence-electron chi connectivity index (χ0n) is 9.39. The third-order valence-corrected chi connectivity index (χ3v) is 3.41. The fourth-order valence-corrected chi connectivity index (χ4v) is 2.51. The van der Waals surface area contributed by atoms with Gasteiger partial charge in [-0.05, 0) is 19.8 Å². The number of aliphatic hydroxyl groups is 1. The zero-order valence-corrected chi connectivity index (χ0v) is 9.39. The second-order valence-electron chi connectivity index (χ2n) is 4.51. The van der Waals surface area contributed by atoms with Crippen LogP contribution >= 0.6 is 0 Å². The Morgan fingerprint density at radius 1 is 1.27 bits per heavy atom. The maximum absolute atomic E-state index is 10.1. The van der Waals surface area contributed by atoms with Crippen molar-refractivity contribution in [2.45, 2.75) is 57.6 Å². The first kappa shape index (κ1) is 10.7. The fourth-order valence-electron chi connectivity index (χ4n) is 2.51. The molecule has 0 aromatic carbocycles. The van der Waals surface area contributed by atoms with Crippen LogP contribution in [0.2, 0.25) is 0 Å². The van der Waals surface area contributed by atoms with Gasteiger partial charge < -0.3 is 9.67 Å². The average Bonchev–Trinajstić information content (AvgIpc) is 2.59. The summed E-state index contributed by atoms with van der Waals surface area (Å²) < 4.78 is 2.13. The van der Waals surface area contributed by atoms with Gasteiger partial charge in [0.25, 0.3) is 0 Å². The van der Waals surface area contributed by atoms with Crippen LogP contribution in [0.25, 0.3) is 0 Å². The third-order valence-electron chi connectivity index (χ3n) is 3.41. The van der Waals surface area contributed by atoms with Gasteiger partial charge in [-0.15, -0.1) is 0 Å². The monoisotopic (exact) mass is 208 g/mol. The molecule has 0 aliphatic heterocycles. The Labute approximate surface area is 91.1 Å². The van der Waals surface area contributed by atoms with E-state index in [1.165, 1.54) is 19.3 Å². The first-order chi connectivity index (χ1) is 7.29. The van der Waals surface area contributed by atoms with E-state index in [0.29, 0.717) is 0 Å². The molecule has 0 saturated heterocycles. The van der Waals surface area contributed by atoms with E-state index in [9.17, 15) is 5.11 Å². The van der Waals surface area contributed by atoms with Crippen LogP contribution in [0.15, 0.2) is 12.4 Å². The predicted octanol–water partition coefficient (Wildman–Crippen LogP) is 2.45. The molecule has 1 heterocycles. The largest absolute Gasteiger partial charge is 0.391 e. The number of hydrogen-bond acceptors (Lipinski definition) is 2. The fraction of sp³-hybridized carbons (Fsp3) is 0.750. The molecule has 1 aromatic heterocycles. The molecule has 2 unspecified atom stereocenters. The van der Waals surface area contributed by atoms with E-state index in [1.807, 2.05) is 19.3 Å². The van der Waals surface area contributed by atoms with Crippen LogP contribution in [0.4, 0.5) is 0 Å². The van der Waals surface area contributed by atoms with Crippen molar-refractivity contribution >= 4 is 0 Å². The summed E-state index contributed by atoms with van der Waals surface area (Å²) in [6.07, 6.45) is 10.6. The van der Waals surface area contributed by atoms with Crippen molar-refractivity contribution < 1.29 is 5.11 Å². The summed E-state index contributed by atoms with van der Waals surface area (Å²) in [5, 5.41) is 10.1. The van der Waals surface area contributed by atoms with Crippen molar-refractivity contribution in [3.63, 3.8) is 0 Å². The molecule has 0 bridgehead atoms. The molecule has 0 amide bonds. The molecule has 1 aliphatic rings. The van der Waals surface area contributed by atoms with Gasteiger partial charge in [0, 0.05) is 12.4 Å². The number of aromatic nitrogens is 2. The Bertz CT molecular complexity index is 308. The summed E-state index contributed by atoms with van der Waals surface area (Å²) in [5.74, 6) is 1.01. The minimum atomic E-state index is -0.196. The lowest BCUT2D eigenvalue weighted by molar-refractivity contribution is 0.0876. The van der Waals surface area contributed by atoms with Crippen molar-refractivity contribution in [1.29, 1.82) is 0 Å². The molecular weight excluding hydrogens is 188 g/mol. The number of hydrogen-bond donors (Lipinski definition) is 1. The van der Waals surface area contributed by atoms with E-state index in [0.717, 1.165) is 25.1 Å².